The molecule has 0 spiro atoms. The number of aromatic nitrogens is 1. The Balaban J connectivity index is 2.51. The van der Waals surface area contributed by atoms with E-state index in [0.29, 0.717) is 11.1 Å². The average Bonchev–Trinajstić information content (AvgIpc) is 2.66. The van der Waals surface area contributed by atoms with Crippen LogP contribution in [0.4, 0.5) is 0 Å². The third-order valence-corrected chi connectivity index (χ3v) is 2.78. The molecule has 1 aromatic heterocycles. The van der Waals surface area contributed by atoms with E-state index in [0.717, 1.165) is 0 Å². The first kappa shape index (κ1) is 12.1. The van der Waals surface area contributed by atoms with Crippen LogP contribution in [0.15, 0.2) is 27.4 Å². The van der Waals surface area contributed by atoms with Gasteiger partial charge in [-0.2, -0.15) is 0 Å². The zero-order chi connectivity index (χ0) is 13.5. The average molecular weight is 249 g/mol. The number of ketones is 1. The Morgan fingerprint density at radius 1 is 1.33 bits per heavy atom. The van der Waals surface area contributed by atoms with Gasteiger partial charge in [0.1, 0.15) is 5.41 Å². The van der Waals surface area contributed by atoms with E-state index in [9.17, 15) is 14.4 Å². The fourth-order valence-electron chi connectivity index (χ4n) is 1.55. The first-order valence-electron chi connectivity index (χ1n) is 5.23. The number of fused-ring (bicyclic) bond motifs is 1. The minimum Gasteiger partial charge on any atom is -0.481 e. The minimum atomic E-state index is -1.52. The van der Waals surface area contributed by atoms with Crippen LogP contribution in [0.1, 0.15) is 24.2 Å². The molecule has 2 N–H and O–H groups in total. The van der Waals surface area contributed by atoms with Crippen LogP contribution in [0.5, 0.6) is 0 Å². The number of carbonyl (C=O) groups is 2. The van der Waals surface area contributed by atoms with Crippen molar-refractivity contribution in [3.63, 3.8) is 0 Å². The quantitative estimate of drug-likeness (QED) is 0.632. The summed E-state index contributed by atoms with van der Waals surface area (Å²) in [5, 5.41) is 8.99. The number of aromatic amines is 1. The Hall–Kier alpha value is -2.37. The molecule has 18 heavy (non-hydrogen) atoms. The van der Waals surface area contributed by atoms with E-state index in [-0.39, 0.29) is 5.56 Å². The largest absolute Gasteiger partial charge is 0.481 e. The molecule has 0 saturated carbocycles. The van der Waals surface area contributed by atoms with Gasteiger partial charge in [-0.1, -0.05) is 0 Å². The normalized spacial score (nSPS) is 11.7. The molecule has 0 fully saturated rings. The van der Waals surface area contributed by atoms with Crippen LogP contribution in [0.2, 0.25) is 0 Å². The molecule has 0 bridgehead atoms. The van der Waals surface area contributed by atoms with Gasteiger partial charge in [-0.05, 0) is 32.0 Å². The van der Waals surface area contributed by atoms with Crippen molar-refractivity contribution in [2.24, 2.45) is 5.41 Å². The van der Waals surface area contributed by atoms with Crippen LogP contribution in [0.3, 0.4) is 0 Å². The predicted octanol–water partition coefficient (Wildman–Crippen LogP) is 1.41. The van der Waals surface area contributed by atoms with Crippen molar-refractivity contribution < 1.29 is 19.1 Å². The standard InChI is InChI=1S/C12H11NO5/c1-12(2,10(15)16)9(14)6-3-4-8-7(5-6)13-11(17)18-8/h3-5H,1-2H3,(H,13,17)(H,15,16). The summed E-state index contributed by atoms with van der Waals surface area (Å²) in [6.07, 6.45) is 0. The molecule has 0 unspecified atom stereocenters. The van der Waals surface area contributed by atoms with E-state index >= 15 is 0 Å². The molecule has 2 rings (SSSR count). The number of aliphatic carboxylic acids is 1. The van der Waals surface area contributed by atoms with Gasteiger partial charge in [0.25, 0.3) is 0 Å². The first-order valence-corrected chi connectivity index (χ1v) is 5.23. The zero-order valence-corrected chi connectivity index (χ0v) is 9.81. The fraction of sp³-hybridized carbons (Fsp3) is 0.250. The molecule has 0 aliphatic heterocycles. The fourth-order valence-corrected chi connectivity index (χ4v) is 1.55. The Kier molecular flexibility index (Phi) is 2.58. The molecule has 1 aromatic carbocycles. The second-order valence-electron chi connectivity index (χ2n) is 4.48. The first-order chi connectivity index (χ1) is 8.32. The van der Waals surface area contributed by atoms with Gasteiger partial charge in [0, 0.05) is 5.56 Å². The molecule has 1 heterocycles. The van der Waals surface area contributed by atoms with Gasteiger partial charge in [-0.15, -0.1) is 0 Å². The molecular weight excluding hydrogens is 238 g/mol. The monoisotopic (exact) mass is 249 g/mol. The molecular formula is C12H11NO5. The Morgan fingerprint density at radius 2 is 2.00 bits per heavy atom. The maximum atomic E-state index is 12.1. The smallest absolute Gasteiger partial charge is 0.417 e. The van der Waals surface area contributed by atoms with Crippen LogP contribution >= 0.6 is 0 Å². The second kappa shape index (κ2) is 3.83. The molecule has 94 valence electrons. The van der Waals surface area contributed by atoms with Gasteiger partial charge in [-0.25, -0.2) is 4.79 Å². The lowest BCUT2D eigenvalue weighted by Gasteiger charge is -2.17. The summed E-state index contributed by atoms with van der Waals surface area (Å²) in [4.78, 5) is 36.4. The number of carboxylic acid groups (broad SMARTS) is 1. The van der Waals surface area contributed by atoms with Gasteiger partial charge >= 0.3 is 11.7 Å². The summed E-state index contributed by atoms with van der Waals surface area (Å²) in [5.41, 5.74) is -0.610. The van der Waals surface area contributed by atoms with Crippen molar-refractivity contribution in [3.8, 4) is 0 Å². The second-order valence-corrected chi connectivity index (χ2v) is 4.48. The number of benzene rings is 1. The van der Waals surface area contributed by atoms with Gasteiger partial charge < -0.3 is 9.52 Å². The maximum absolute atomic E-state index is 12.1. The highest BCUT2D eigenvalue weighted by Crippen LogP contribution is 2.24. The topological polar surface area (TPSA) is 100 Å². The molecule has 0 saturated heterocycles. The van der Waals surface area contributed by atoms with E-state index in [1.807, 2.05) is 0 Å². The van der Waals surface area contributed by atoms with Crippen molar-refractivity contribution in [2.75, 3.05) is 0 Å². The lowest BCUT2D eigenvalue weighted by Crippen LogP contribution is -2.33. The number of oxazole rings is 1. The number of Topliss-reactive ketones (excluding diaryl/α,β-unsaturated/α-hetero) is 1. The van der Waals surface area contributed by atoms with Crippen molar-refractivity contribution >= 4 is 22.9 Å². The molecule has 6 nitrogen and oxygen atoms in total. The zero-order valence-electron chi connectivity index (χ0n) is 9.81. The van der Waals surface area contributed by atoms with Crippen LogP contribution in [0, 0.1) is 5.41 Å². The molecule has 2 aromatic rings. The van der Waals surface area contributed by atoms with Crippen molar-refractivity contribution in [1.29, 1.82) is 0 Å². The lowest BCUT2D eigenvalue weighted by atomic mass is 9.84. The number of hydrogen-bond acceptors (Lipinski definition) is 4. The van der Waals surface area contributed by atoms with Gasteiger partial charge in [-0.3, -0.25) is 14.6 Å². The molecule has 0 aliphatic rings. The van der Waals surface area contributed by atoms with E-state index in [4.69, 9.17) is 9.52 Å². The maximum Gasteiger partial charge on any atom is 0.417 e. The van der Waals surface area contributed by atoms with Crippen LogP contribution < -0.4 is 5.76 Å². The summed E-state index contributed by atoms with van der Waals surface area (Å²) in [6, 6.07) is 4.30. The third-order valence-electron chi connectivity index (χ3n) is 2.78. The van der Waals surface area contributed by atoms with Crippen molar-refractivity contribution in [3.05, 3.63) is 34.3 Å². The van der Waals surface area contributed by atoms with E-state index in [1.54, 1.807) is 0 Å². The number of carbonyl (C=O) groups excluding carboxylic acids is 1. The molecule has 0 radical (unpaired) electrons. The number of nitrogens with one attached hydrogen (secondary N) is 1. The molecule has 0 atom stereocenters. The van der Waals surface area contributed by atoms with Gasteiger partial charge in [0.05, 0.1) is 5.52 Å². The van der Waals surface area contributed by atoms with Gasteiger partial charge in [0.2, 0.25) is 0 Å². The summed E-state index contributed by atoms with van der Waals surface area (Å²) in [7, 11) is 0. The number of H-pyrrole nitrogens is 1. The lowest BCUT2D eigenvalue weighted by molar-refractivity contribution is -0.144. The summed E-state index contributed by atoms with van der Waals surface area (Å²) in [5.74, 6) is -2.35. The van der Waals surface area contributed by atoms with E-state index in [2.05, 4.69) is 4.98 Å². The van der Waals surface area contributed by atoms with E-state index in [1.165, 1.54) is 32.0 Å². The van der Waals surface area contributed by atoms with Crippen LogP contribution in [-0.2, 0) is 4.79 Å². The van der Waals surface area contributed by atoms with Crippen LogP contribution in [0.25, 0.3) is 11.1 Å². The van der Waals surface area contributed by atoms with E-state index < -0.39 is 22.9 Å². The Morgan fingerprint density at radius 3 is 2.61 bits per heavy atom. The Labute approximate surface area is 101 Å². The third kappa shape index (κ3) is 1.81. The van der Waals surface area contributed by atoms with Crippen LogP contribution in [-0.4, -0.2) is 21.8 Å². The molecule has 0 aliphatic carbocycles. The predicted molar refractivity (Wildman–Crippen MR) is 62.6 cm³/mol. The number of rotatable bonds is 3. The number of hydrogen-bond donors (Lipinski definition) is 2. The van der Waals surface area contributed by atoms with Crippen molar-refractivity contribution in [1.82, 2.24) is 4.98 Å². The highest BCUT2D eigenvalue weighted by Gasteiger charge is 2.36. The highest BCUT2D eigenvalue weighted by molar-refractivity contribution is 6.12. The minimum absolute atomic E-state index is 0.215. The van der Waals surface area contributed by atoms with Crippen molar-refractivity contribution in [2.45, 2.75) is 13.8 Å². The number of carboxylic acids is 1. The Bertz CT molecular complexity index is 692. The summed E-state index contributed by atoms with van der Waals surface area (Å²) in [6.45, 7) is 2.67. The molecule has 0 amide bonds. The SMILES string of the molecule is CC(C)(C(=O)O)C(=O)c1ccc2oc(=O)[nH]c2c1. The molecule has 6 heteroatoms. The summed E-state index contributed by atoms with van der Waals surface area (Å²) < 4.78 is 4.80. The summed E-state index contributed by atoms with van der Waals surface area (Å²) >= 11 is 0. The highest BCUT2D eigenvalue weighted by atomic mass is 16.4. The van der Waals surface area contributed by atoms with Gasteiger partial charge in [0.15, 0.2) is 11.4 Å².